The Labute approximate surface area is 117 Å². The molecule has 1 atom stereocenters. The van der Waals surface area contributed by atoms with Crippen LogP contribution in [-0.2, 0) is 4.79 Å². The van der Waals surface area contributed by atoms with Crippen LogP contribution in [0.15, 0.2) is 29.4 Å². The average molecular weight is 281 g/mol. The van der Waals surface area contributed by atoms with E-state index in [0.29, 0.717) is 11.6 Å². The van der Waals surface area contributed by atoms with Crippen molar-refractivity contribution < 1.29 is 10.0 Å². The first-order valence-corrected chi connectivity index (χ1v) is 6.47. The van der Waals surface area contributed by atoms with Gasteiger partial charge in [-0.25, -0.2) is 0 Å². The number of hydrogen-bond donors (Lipinski definition) is 1. The number of ketones is 1. The summed E-state index contributed by atoms with van der Waals surface area (Å²) in [4.78, 5) is 14.3. The number of halogens is 1. The van der Waals surface area contributed by atoms with E-state index >= 15 is 0 Å². The molecule has 19 heavy (non-hydrogen) atoms. The van der Waals surface area contributed by atoms with Gasteiger partial charge >= 0.3 is 0 Å². The molecule has 0 radical (unpaired) electrons. The van der Waals surface area contributed by atoms with Crippen molar-refractivity contribution in [3.05, 3.63) is 34.9 Å². The molecule has 1 saturated heterocycles. The Hall–Kier alpha value is -1.39. The minimum absolute atomic E-state index is 0.0669. The normalized spacial score (nSPS) is 25.8. The molecule has 0 saturated carbocycles. The molecular formula is C14H17ClN2O2. The number of rotatable bonds is 1. The maximum Gasteiger partial charge on any atom is 0.189 e. The monoisotopic (exact) mass is 280 g/mol. The van der Waals surface area contributed by atoms with E-state index in [1.54, 1.807) is 0 Å². The first-order chi connectivity index (χ1) is 8.87. The van der Waals surface area contributed by atoms with Crippen LogP contribution in [0.4, 0.5) is 0 Å². The molecule has 0 unspecified atom stereocenters. The summed E-state index contributed by atoms with van der Waals surface area (Å²) < 4.78 is 0. The smallest absolute Gasteiger partial charge is 0.189 e. The molecule has 4 nitrogen and oxygen atoms in total. The quantitative estimate of drug-likeness (QED) is 0.636. The van der Waals surface area contributed by atoms with E-state index in [2.05, 4.69) is 5.16 Å². The third-order valence-corrected chi connectivity index (χ3v) is 3.93. The van der Waals surface area contributed by atoms with E-state index in [1.165, 1.54) is 0 Å². The molecular weight excluding hydrogens is 264 g/mol. The topological polar surface area (TPSA) is 52.9 Å². The molecule has 1 aliphatic heterocycles. The highest BCUT2D eigenvalue weighted by Crippen LogP contribution is 2.41. The number of piperidine rings is 1. The highest BCUT2D eigenvalue weighted by atomic mass is 35.5. The minimum atomic E-state index is -0.650. The predicted molar refractivity (Wildman–Crippen MR) is 74.8 cm³/mol. The van der Waals surface area contributed by atoms with Crippen molar-refractivity contribution >= 4 is 23.1 Å². The van der Waals surface area contributed by atoms with Crippen molar-refractivity contribution in [3.63, 3.8) is 0 Å². The highest BCUT2D eigenvalue weighted by molar-refractivity contribution is 6.43. The van der Waals surface area contributed by atoms with Gasteiger partial charge in [0, 0.05) is 23.0 Å². The lowest BCUT2D eigenvalue weighted by Gasteiger charge is -2.43. The molecule has 0 aromatic heterocycles. The predicted octanol–water partition coefficient (Wildman–Crippen LogP) is 2.75. The SMILES string of the molecule is CN1CC(=NO)C(=O)C(C)(C)[C@H]1c1ccc(Cl)cc1. The lowest BCUT2D eigenvalue weighted by Crippen LogP contribution is -2.52. The Kier molecular flexibility index (Phi) is 3.65. The van der Waals surface area contributed by atoms with Crippen molar-refractivity contribution in [2.45, 2.75) is 19.9 Å². The van der Waals surface area contributed by atoms with Crippen LogP contribution in [0.3, 0.4) is 0 Å². The molecule has 1 heterocycles. The van der Waals surface area contributed by atoms with Crippen LogP contribution >= 0.6 is 11.6 Å². The number of carbonyl (C=O) groups is 1. The van der Waals surface area contributed by atoms with Crippen LogP contribution in [-0.4, -0.2) is 35.2 Å². The lowest BCUT2D eigenvalue weighted by molar-refractivity contribution is -0.126. The number of hydrogen-bond acceptors (Lipinski definition) is 4. The molecule has 1 aromatic carbocycles. The summed E-state index contributed by atoms with van der Waals surface area (Å²) in [6.07, 6.45) is 0. The largest absolute Gasteiger partial charge is 0.411 e. The Morgan fingerprint density at radius 2 is 1.95 bits per heavy atom. The van der Waals surface area contributed by atoms with Crippen molar-refractivity contribution in [1.82, 2.24) is 4.90 Å². The van der Waals surface area contributed by atoms with Crippen LogP contribution in [0, 0.1) is 5.41 Å². The molecule has 5 heteroatoms. The summed E-state index contributed by atoms with van der Waals surface area (Å²) in [5.74, 6) is -0.118. The average Bonchev–Trinajstić information content (AvgIpc) is 2.36. The van der Waals surface area contributed by atoms with Gasteiger partial charge in [-0.2, -0.15) is 0 Å². The van der Waals surface area contributed by atoms with Crippen molar-refractivity contribution in [3.8, 4) is 0 Å². The van der Waals surface area contributed by atoms with Crippen molar-refractivity contribution in [2.24, 2.45) is 10.6 Å². The zero-order chi connectivity index (χ0) is 14.2. The molecule has 1 fully saturated rings. The Morgan fingerprint density at radius 3 is 2.47 bits per heavy atom. The number of likely N-dealkylation sites (tertiary alicyclic amines) is 1. The second-order valence-corrected chi connectivity index (χ2v) is 5.90. The number of benzene rings is 1. The lowest BCUT2D eigenvalue weighted by atomic mass is 9.72. The minimum Gasteiger partial charge on any atom is -0.411 e. The van der Waals surface area contributed by atoms with Crippen molar-refractivity contribution in [1.29, 1.82) is 0 Å². The Balaban J connectivity index is 2.44. The molecule has 102 valence electrons. The van der Waals surface area contributed by atoms with Crippen LogP contribution in [0.25, 0.3) is 0 Å². The first kappa shape index (κ1) is 14.0. The fourth-order valence-electron chi connectivity index (χ4n) is 2.84. The van der Waals surface area contributed by atoms with Crippen LogP contribution < -0.4 is 0 Å². The van der Waals surface area contributed by atoms with Crippen LogP contribution in [0.2, 0.25) is 5.02 Å². The number of carbonyl (C=O) groups excluding carboxylic acids is 1. The zero-order valence-electron chi connectivity index (χ0n) is 11.2. The standard InChI is InChI=1S/C14H17ClN2O2/c1-14(2)12(9-4-6-10(15)7-5-9)17(3)8-11(16-19)13(14)18/h4-7,12,19H,8H2,1-3H3/t12-/m1/s1. The van der Waals surface area contributed by atoms with E-state index in [0.717, 1.165) is 5.56 Å². The molecule has 1 aromatic rings. The van der Waals surface area contributed by atoms with Crippen LogP contribution in [0.1, 0.15) is 25.5 Å². The molecule has 1 N–H and O–H groups in total. The molecule has 0 spiro atoms. The van der Waals surface area contributed by atoms with Gasteiger partial charge in [-0.3, -0.25) is 9.69 Å². The molecule has 0 amide bonds. The van der Waals surface area contributed by atoms with E-state index in [1.807, 2.05) is 50.1 Å². The van der Waals surface area contributed by atoms with Gasteiger partial charge in [0.05, 0.1) is 0 Å². The van der Waals surface area contributed by atoms with E-state index in [-0.39, 0.29) is 17.5 Å². The van der Waals surface area contributed by atoms with Crippen LogP contribution in [0.5, 0.6) is 0 Å². The fraction of sp³-hybridized carbons (Fsp3) is 0.429. The summed E-state index contributed by atoms with van der Waals surface area (Å²) >= 11 is 5.90. The van der Waals surface area contributed by atoms with E-state index < -0.39 is 5.41 Å². The first-order valence-electron chi connectivity index (χ1n) is 6.09. The summed E-state index contributed by atoms with van der Waals surface area (Å²) in [5, 5.41) is 12.7. The maximum atomic E-state index is 12.3. The molecule has 0 aliphatic carbocycles. The van der Waals surface area contributed by atoms with Gasteiger partial charge in [-0.15, -0.1) is 0 Å². The third kappa shape index (κ3) is 2.38. The maximum absolute atomic E-state index is 12.3. The molecule has 2 rings (SSSR count). The van der Waals surface area contributed by atoms with E-state index in [9.17, 15) is 4.79 Å². The van der Waals surface area contributed by atoms with Gasteiger partial charge in [0.25, 0.3) is 0 Å². The fourth-order valence-corrected chi connectivity index (χ4v) is 2.97. The molecule has 0 bridgehead atoms. The summed E-state index contributed by atoms with van der Waals surface area (Å²) in [5.41, 5.74) is 0.586. The number of Topliss-reactive ketones (excluding diaryl/α,β-unsaturated/α-hetero) is 1. The van der Waals surface area contributed by atoms with Gasteiger partial charge in [0.1, 0.15) is 5.71 Å². The summed E-state index contributed by atoms with van der Waals surface area (Å²) in [6, 6.07) is 7.43. The highest BCUT2D eigenvalue weighted by Gasteiger charge is 2.46. The van der Waals surface area contributed by atoms with Gasteiger partial charge in [0.15, 0.2) is 5.78 Å². The van der Waals surface area contributed by atoms with Gasteiger partial charge in [-0.05, 0) is 24.7 Å². The second-order valence-electron chi connectivity index (χ2n) is 5.47. The van der Waals surface area contributed by atoms with Gasteiger partial charge in [0.2, 0.25) is 0 Å². The third-order valence-electron chi connectivity index (χ3n) is 3.68. The van der Waals surface area contributed by atoms with Crippen molar-refractivity contribution in [2.75, 3.05) is 13.6 Å². The second kappa shape index (κ2) is 4.94. The number of nitrogens with zero attached hydrogens (tertiary/aromatic N) is 2. The Morgan fingerprint density at radius 1 is 1.37 bits per heavy atom. The summed E-state index contributed by atoms with van der Waals surface area (Å²) in [7, 11) is 1.92. The Bertz CT molecular complexity index is 523. The van der Waals surface area contributed by atoms with Gasteiger partial charge in [-0.1, -0.05) is 42.7 Å². The zero-order valence-corrected chi connectivity index (χ0v) is 12.0. The van der Waals surface area contributed by atoms with E-state index in [4.69, 9.17) is 16.8 Å². The summed E-state index contributed by atoms with van der Waals surface area (Å²) in [6.45, 7) is 4.08. The van der Waals surface area contributed by atoms with Gasteiger partial charge < -0.3 is 5.21 Å². The molecule has 1 aliphatic rings. The number of oxime groups is 1.